The lowest BCUT2D eigenvalue weighted by Crippen LogP contribution is -2.31. The standard InChI is InChI=1S/C24H21NO2/c1-18-11-13-21(14-12-18)25(17-22-9-5-15-27-22)24(26)16-20-8-4-7-19-6-2-3-10-23(19)20/h2-15H,16-17H2,1H3. The predicted molar refractivity (Wildman–Crippen MR) is 109 cm³/mol. The van der Waals surface area contributed by atoms with Crippen LogP contribution in [0.25, 0.3) is 10.8 Å². The Morgan fingerprint density at radius 1 is 0.889 bits per heavy atom. The van der Waals surface area contributed by atoms with Gasteiger partial charge in [-0.15, -0.1) is 0 Å². The van der Waals surface area contributed by atoms with E-state index in [4.69, 9.17) is 4.42 Å². The maximum Gasteiger partial charge on any atom is 0.231 e. The molecule has 1 aromatic heterocycles. The number of carbonyl (C=O) groups is 1. The third-order valence-electron chi connectivity index (χ3n) is 4.76. The predicted octanol–water partition coefficient (Wildman–Crippen LogP) is 5.52. The number of amides is 1. The lowest BCUT2D eigenvalue weighted by atomic mass is 10.0. The molecule has 0 N–H and O–H groups in total. The fraction of sp³-hybridized carbons (Fsp3) is 0.125. The van der Waals surface area contributed by atoms with Crippen LogP contribution in [0.4, 0.5) is 5.69 Å². The summed E-state index contributed by atoms with van der Waals surface area (Å²) in [5.41, 5.74) is 3.08. The van der Waals surface area contributed by atoms with E-state index in [1.165, 1.54) is 5.56 Å². The van der Waals surface area contributed by atoms with Crippen molar-refractivity contribution in [3.8, 4) is 0 Å². The van der Waals surface area contributed by atoms with Gasteiger partial charge in [0, 0.05) is 5.69 Å². The molecular formula is C24H21NO2. The number of hydrogen-bond donors (Lipinski definition) is 0. The number of furan rings is 1. The van der Waals surface area contributed by atoms with Crippen molar-refractivity contribution in [2.75, 3.05) is 4.90 Å². The van der Waals surface area contributed by atoms with Crippen LogP contribution in [0.5, 0.6) is 0 Å². The third-order valence-corrected chi connectivity index (χ3v) is 4.76. The van der Waals surface area contributed by atoms with Crippen molar-refractivity contribution in [3.05, 3.63) is 102 Å². The second-order valence-corrected chi connectivity index (χ2v) is 6.71. The molecule has 1 heterocycles. The van der Waals surface area contributed by atoms with Crippen LogP contribution in [-0.4, -0.2) is 5.91 Å². The highest BCUT2D eigenvalue weighted by Crippen LogP contribution is 2.23. The van der Waals surface area contributed by atoms with Crippen molar-refractivity contribution in [1.82, 2.24) is 0 Å². The van der Waals surface area contributed by atoms with Gasteiger partial charge in [-0.3, -0.25) is 4.79 Å². The molecular weight excluding hydrogens is 334 g/mol. The van der Waals surface area contributed by atoms with E-state index >= 15 is 0 Å². The second kappa shape index (κ2) is 7.50. The first-order valence-corrected chi connectivity index (χ1v) is 9.07. The van der Waals surface area contributed by atoms with Gasteiger partial charge in [0.2, 0.25) is 5.91 Å². The van der Waals surface area contributed by atoms with Gasteiger partial charge in [-0.1, -0.05) is 60.2 Å². The molecule has 3 nitrogen and oxygen atoms in total. The Morgan fingerprint density at radius 2 is 1.67 bits per heavy atom. The molecule has 4 rings (SSSR count). The average Bonchev–Trinajstić information content (AvgIpc) is 3.20. The molecule has 0 bridgehead atoms. The molecule has 0 spiro atoms. The molecule has 0 fully saturated rings. The minimum Gasteiger partial charge on any atom is -0.467 e. The molecule has 3 heteroatoms. The van der Waals surface area contributed by atoms with Gasteiger partial charge in [0.1, 0.15) is 5.76 Å². The summed E-state index contributed by atoms with van der Waals surface area (Å²) in [7, 11) is 0. The number of rotatable bonds is 5. The SMILES string of the molecule is Cc1ccc(N(Cc2ccco2)C(=O)Cc2cccc3ccccc23)cc1. The van der Waals surface area contributed by atoms with Crippen LogP contribution < -0.4 is 4.90 Å². The summed E-state index contributed by atoms with van der Waals surface area (Å²) in [5, 5.41) is 2.27. The summed E-state index contributed by atoms with van der Waals surface area (Å²) in [4.78, 5) is 15.0. The van der Waals surface area contributed by atoms with Crippen LogP contribution in [0.3, 0.4) is 0 Å². The molecule has 3 aromatic carbocycles. The first-order valence-electron chi connectivity index (χ1n) is 9.07. The van der Waals surface area contributed by atoms with E-state index in [0.717, 1.165) is 27.8 Å². The number of hydrogen-bond acceptors (Lipinski definition) is 2. The van der Waals surface area contributed by atoms with Crippen molar-refractivity contribution in [3.63, 3.8) is 0 Å². The Bertz CT molecular complexity index is 1040. The molecule has 0 aliphatic rings. The summed E-state index contributed by atoms with van der Waals surface area (Å²) in [6.07, 6.45) is 1.98. The van der Waals surface area contributed by atoms with Crippen molar-refractivity contribution < 1.29 is 9.21 Å². The maximum atomic E-state index is 13.3. The number of fused-ring (bicyclic) bond motifs is 1. The average molecular weight is 355 g/mol. The minimum absolute atomic E-state index is 0.0478. The van der Waals surface area contributed by atoms with E-state index < -0.39 is 0 Å². The topological polar surface area (TPSA) is 33.5 Å². The van der Waals surface area contributed by atoms with Gasteiger partial charge in [0.05, 0.1) is 19.2 Å². The van der Waals surface area contributed by atoms with Crippen molar-refractivity contribution >= 4 is 22.4 Å². The van der Waals surface area contributed by atoms with Crippen LogP contribution in [0.1, 0.15) is 16.9 Å². The van der Waals surface area contributed by atoms with Crippen LogP contribution in [0.15, 0.2) is 89.5 Å². The van der Waals surface area contributed by atoms with Crippen LogP contribution >= 0.6 is 0 Å². The summed E-state index contributed by atoms with van der Waals surface area (Å²) >= 11 is 0. The largest absolute Gasteiger partial charge is 0.467 e. The van der Waals surface area contributed by atoms with Gasteiger partial charge in [0.25, 0.3) is 0 Å². The molecule has 0 saturated heterocycles. The molecule has 4 aromatic rings. The van der Waals surface area contributed by atoms with E-state index in [0.29, 0.717) is 13.0 Å². The molecule has 1 amide bonds. The first kappa shape index (κ1) is 17.1. The molecule has 27 heavy (non-hydrogen) atoms. The number of aryl methyl sites for hydroxylation is 1. The van der Waals surface area contributed by atoms with Gasteiger partial charge in [-0.2, -0.15) is 0 Å². The van der Waals surface area contributed by atoms with Gasteiger partial charge in [0.15, 0.2) is 0 Å². The second-order valence-electron chi connectivity index (χ2n) is 6.71. The number of carbonyl (C=O) groups excluding carboxylic acids is 1. The zero-order chi connectivity index (χ0) is 18.6. The molecule has 0 atom stereocenters. The fourth-order valence-corrected chi connectivity index (χ4v) is 3.31. The van der Waals surface area contributed by atoms with Crippen LogP contribution in [-0.2, 0) is 17.8 Å². The monoisotopic (exact) mass is 355 g/mol. The van der Waals surface area contributed by atoms with E-state index in [1.54, 1.807) is 11.2 Å². The molecule has 0 saturated carbocycles. The van der Waals surface area contributed by atoms with E-state index in [9.17, 15) is 4.79 Å². The van der Waals surface area contributed by atoms with E-state index in [-0.39, 0.29) is 5.91 Å². The summed E-state index contributed by atoms with van der Waals surface area (Å²) in [5.74, 6) is 0.813. The zero-order valence-corrected chi connectivity index (χ0v) is 15.3. The van der Waals surface area contributed by atoms with E-state index in [1.807, 2.05) is 67.6 Å². The fourth-order valence-electron chi connectivity index (χ4n) is 3.31. The maximum absolute atomic E-state index is 13.3. The van der Waals surface area contributed by atoms with E-state index in [2.05, 4.69) is 18.2 Å². The highest BCUT2D eigenvalue weighted by Gasteiger charge is 2.18. The number of anilines is 1. The van der Waals surface area contributed by atoms with Crippen LogP contribution in [0, 0.1) is 6.92 Å². The van der Waals surface area contributed by atoms with Gasteiger partial charge < -0.3 is 9.32 Å². The van der Waals surface area contributed by atoms with Crippen LogP contribution in [0.2, 0.25) is 0 Å². The highest BCUT2D eigenvalue weighted by molar-refractivity contribution is 5.97. The third kappa shape index (κ3) is 3.77. The van der Waals surface area contributed by atoms with Crippen molar-refractivity contribution in [1.29, 1.82) is 0 Å². The smallest absolute Gasteiger partial charge is 0.231 e. The summed E-state index contributed by atoms with van der Waals surface area (Å²) in [6, 6.07) is 26.0. The van der Waals surface area contributed by atoms with Crippen molar-refractivity contribution in [2.24, 2.45) is 0 Å². The Kier molecular flexibility index (Phi) is 4.75. The normalized spacial score (nSPS) is 10.9. The molecule has 0 aliphatic heterocycles. The Morgan fingerprint density at radius 3 is 2.44 bits per heavy atom. The Labute approximate surface area is 158 Å². The van der Waals surface area contributed by atoms with Gasteiger partial charge >= 0.3 is 0 Å². The number of nitrogens with zero attached hydrogens (tertiary/aromatic N) is 1. The first-order chi connectivity index (χ1) is 13.2. The lowest BCUT2D eigenvalue weighted by Gasteiger charge is -2.22. The number of benzene rings is 3. The van der Waals surface area contributed by atoms with Crippen molar-refractivity contribution in [2.45, 2.75) is 19.9 Å². The molecule has 134 valence electrons. The molecule has 0 aliphatic carbocycles. The minimum atomic E-state index is 0.0478. The lowest BCUT2D eigenvalue weighted by molar-refractivity contribution is -0.118. The van der Waals surface area contributed by atoms with Gasteiger partial charge in [-0.05, 0) is 47.5 Å². The summed E-state index contributed by atoms with van der Waals surface area (Å²) in [6.45, 7) is 2.46. The summed E-state index contributed by atoms with van der Waals surface area (Å²) < 4.78 is 5.49. The molecule has 0 radical (unpaired) electrons. The highest BCUT2D eigenvalue weighted by atomic mass is 16.3. The zero-order valence-electron chi connectivity index (χ0n) is 15.3. The Hall–Kier alpha value is -3.33. The van der Waals surface area contributed by atoms with Gasteiger partial charge in [-0.25, -0.2) is 0 Å². The quantitative estimate of drug-likeness (QED) is 0.472. The Balaban J connectivity index is 1.66. The molecule has 0 unspecified atom stereocenters.